The third kappa shape index (κ3) is 4.37. The summed E-state index contributed by atoms with van der Waals surface area (Å²) in [5.41, 5.74) is 2.54. The van der Waals surface area contributed by atoms with E-state index < -0.39 is 11.8 Å². The molecule has 2 aliphatic rings. The van der Waals surface area contributed by atoms with Crippen LogP contribution in [0.15, 0.2) is 42.5 Å². The summed E-state index contributed by atoms with van der Waals surface area (Å²) in [4.78, 5) is 38.3. The molecule has 0 bridgehead atoms. The molecule has 1 aliphatic carbocycles. The van der Waals surface area contributed by atoms with Crippen LogP contribution in [0.5, 0.6) is 5.75 Å². The van der Waals surface area contributed by atoms with Crippen LogP contribution in [0.2, 0.25) is 0 Å². The Kier molecular flexibility index (Phi) is 5.84. The number of carbonyl (C=O) groups excluding carboxylic acids is 3. The number of aryl methyl sites for hydroxylation is 1. The number of nitrogens with one attached hydrogen (secondary N) is 1. The Hall–Kier alpha value is -3.15. The molecule has 0 aromatic heterocycles. The highest BCUT2D eigenvalue weighted by molar-refractivity contribution is 6.22. The second-order valence-electron chi connectivity index (χ2n) is 8.04. The second-order valence-corrected chi connectivity index (χ2v) is 8.04. The number of hydrogen-bond acceptors (Lipinski definition) is 4. The van der Waals surface area contributed by atoms with Gasteiger partial charge in [0.05, 0.1) is 17.2 Å². The quantitative estimate of drug-likeness (QED) is 0.744. The van der Waals surface area contributed by atoms with Crippen molar-refractivity contribution in [1.29, 1.82) is 0 Å². The van der Waals surface area contributed by atoms with Crippen LogP contribution >= 0.6 is 0 Å². The van der Waals surface area contributed by atoms with E-state index in [1.165, 1.54) is 19.3 Å². The van der Waals surface area contributed by atoms with E-state index in [1.807, 2.05) is 31.2 Å². The molecular formula is C24H26N2O4. The zero-order chi connectivity index (χ0) is 21.1. The van der Waals surface area contributed by atoms with Gasteiger partial charge in [0.1, 0.15) is 12.3 Å². The summed E-state index contributed by atoms with van der Waals surface area (Å²) >= 11 is 0. The number of nitrogens with zero attached hydrogens (tertiary/aromatic N) is 1. The summed E-state index contributed by atoms with van der Waals surface area (Å²) in [6.45, 7) is 1.90. The van der Waals surface area contributed by atoms with E-state index in [0.29, 0.717) is 23.8 Å². The Balaban J connectivity index is 1.29. The van der Waals surface area contributed by atoms with Gasteiger partial charge in [0.25, 0.3) is 11.8 Å². The van der Waals surface area contributed by atoms with Crippen molar-refractivity contribution in [2.45, 2.75) is 51.7 Å². The fourth-order valence-electron chi connectivity index (χ4n) is 4.01. The average molecular weight is 406 g/mol. The first-order valence-corrected chi connectivity index (χ1v) is 10.5. The van der Waals surface area contributed by atoms with E-state index in [0.717, 1.165) is 34.6 Å². The molecule has 30 heavy (non-hydrogen) atoms. The SMILES string of the molecule is Cc1ccc2c(c1)C(=O)N(CC(=O)NCc1ccc(OC3CCCCC3)cc1)C2=O. The fraction of sp³-hybridized carbons (Fsp3) is 0.375. The van der Waals surface area contributed by atoms with Crippen molar-refractivity contribution >= 4 is 17.7 Å². The van der Waals surface area contributed by atoms with Crippen molar-refractivity contribution in [2.75, 3.05) is 6.54 Å². The third-order valence-electron chi connectivity index (χ3n) is 5.70. The number of imide groups is 1. The van der Waals surface area contributed by atoms with E-state index in [2.05, 4.69) is 5.32 Å². The summed E-state index contributed by atoms with van der Waals surface area (Å²) in [6, 6.07) is 12.8. The topological polar surface area (TPSA) is 75.7 Å². The summed E-state index contributed by atoms with van der Waals surface area (Å²) in [7, 11) is 0. The maximum absolute atomic E-state index is 12.5. The molecule has 1 saturated carbocycles. The number of carbonyl (C=O) groups is 3. The largest absolute Gasteiger partial charge is 0.490 e. The zero-order valence-corrected chi connectivity index (χ0v) is 17.1. The lowest BCUT2D eigenvalue weighted by Crippen LogP contribution is -2.40. The van der Waals surface area contributed by atoms with Crippen LogP contribution in [0.3, 0.4) is 0 Å². The molecule has 1 aliphatic heterocycles. The second kappa shape index (κ2) is 8.69. The molecule has 2 aromatic carbocycles. The van der Waals surface area contributed by atoms with E-state index in [4.69, 9.17) is 4.74 Å². The average Bonchev–Trinajstić information content (AvgIpc) is 2.98. The van der Waals surface area contributed by atoms with Crippen LogP contribution in [0.4, 0.5) is 0 Å². The zero-order valence-electron chi connectivity index (χ0n) is 17.1. The Morgan fingerprint density at radius 1 is 1.00 bits per heavy atom. The van der Waals surface area contributed by atoms with E-state index in [1.54, 1.807) is 18.2 Å². The highest BCUT2D eigenvalue weighted by atomic mass is 16.5. The minimum Gasteiger partial charge on any atom is -0.490 e. The van der Waals surface area contributed by atoms with Crippen LogP contribution in [0.25, 0.3) is 0 Å². The molecule has 1 N–H and O–H groups in total. The van der Waals surface area contributed by atoms with Crippen molar-refractivity contribution in [1.82, 2.24) is 10.2 Å². The van der Waals surface area contributed by atoms with Crippen LogP contribution in [0.1, 0.15) is 63.9 Å². The minimum atomic E-state index is -0.422. The first-order valence-electron chi connectivity index (χ1n) is 10.5. The Labute approximate surface area is 176 Å². The molecule has 4 rings (SSSR count). The van der Waals surface area contributed by atoms with Gasteiger partial charge in [0.15, 0.2) is 0 Å². The summed E-state index contributed by atoms with van der Waals surface area (Å²) in [6.07, 6.45) is 6.25. The molecule has 0 saturated heterocycles. The molecule has 1 fully saturated rings. The van der Waals surface area contributed by atoms with Gasteiger partial charge < -0.3 is 10.1 Å². The molecular weight excluding hydrogens is 380 g/mol. The number of amides is 3. The molecule has 0 radical (unpaired) electrons. The summed E-state index contributed by atoms with van der Waals surface area (Å²) < 4.78 is 6.02. The monoisotopic (exact) mass is 406 g/mol. The molecule has 0 atom stereocenters. The molecule has 3 amide bonds. The molecule has 6 nitrogen and oxygen atoms in total. The standard InChI is InChI=1S/C24H26N2O4/c1-16-7-12-20-21(13-16)24(29)26(23(20)28)15-22(27)25-14-17-8-10-19(11-9-17)30-18-5-3-2-4-6-18/h7-13,18H,2-6,14-15H2,1H3,(H,25,27). The molecule has 6 heteroatoms. The van der Waals surface area contributed by atoms with Gasteiger partial charge in [-0.05, 0) is 62.4 Å². The Morgan fingerprint density at radius 2 is 1.70 bits per heavy atom. The summed E-state index contributed by atoms with van der Waals surface area (Å²) in [5.74, 6) is -0.366. The Bertz CT molecular complexity index is 962. The minimum absolute atomic E-state index is 0.283. The smallest absolute Gasteiger partial charge is 0.262 e. The lowest BCUT2D eigenvalue weighted by atomic mass is 9.98. The van der Waals surface area contributed by atoms with Gasteiger partial charge in [-0.2, -0.15) is 0 Å². The van der Waals surface area contributed by atoms with Crippen molar-refractivity contribution in [2.24, 2.45) is 0 Å². The normalized spacial score (nSPS) is 16.5. The fourth-order valence-corrected chi connectivity index (χ4v) is 4.01. The van der Waals surface area contributed by atoms with Gasteiger partial charge in [-0.25, -0.2) is 0 Å². The molecule has 156 valence electrons. The molecule has 0 unspecified atom stereocenters. The van der Waals surface area contributed by atoms with Crippen molar-refractivity contribution < 1.29 is 19.1 Å². The first-order chi connectivity index (χ1) is 14.5. The lowest BCUT2D eigenvalue weighted by molar-refractivity contribution is -0.121. The maximum Gasteiger partial charge on any atom is 0.262 e. The predicted molar refractivity (Wildman–Crippen MR) is 112 cm³/mol. The van der Waals surface area contributed by atoms with E-state index in [9.17, 15) is 14.4 Å². The van der Waals surface area contributed by atoms with Gasteiger partial charge in [0.2, 0.25) is 5.91 Å². The van der Waals surface area contributed by atoms with Gasteiger partial charge >= 0.3 is 0 Å². The van der Waals surface area contributed by atoms with Crippen LogP contribution in [0, 0.1) is 6.92 Å². The van der Waals surface area contributed by atoms with Gasteiger partial charge in [-0.3, -0.25) is 19.3 Å². The van der Waals surface area contributed by atoms with Crippen LogP contribution < -0.4 is 10.1 Å². The van der Waals surface area contributed by atoms with Crippen molar-refractivity contribution in [3.8, 4) is 5.75 Å². The maximum atomic E-state index is 12.5. The highest BCUT2D eigenvalue weighted by Crippen LogP contribution is 2.24. The van der Waals surface area contributed by atoms with E-state index in [-0.39, 0.29) is 12.5 Å². The molecule has 0 spiro atoms. The van der Waals surface area contributed by atoms with Gasteiger partial charge in [-0.1, -0.05) is 30.2 Å². The number of hydrogen-bond donors (Lipinski definition) is 1. The van der Waals surface area contributed by atoms with Crippen molar-refractivity contribution in [3.63, 3.8) is 0 Å². The summed E-state index contributed by atoms with van der Waals surface area (Å²) in [5, 5.41) is 2.78. The van der Waals surface area contributed by atoms with Crippen LogP contribution in [-0.2, 0) is 11.3 Å². The van der Waals surface area contributed by atoms with Gasteiger partial charge in [-0.15, -0.1) is 0 Å². The number of benzene rings is 2. The molecule has 2 aromatic rings. The van der Waals surface area contributed by atoms with Crippen molar-refractivity contribution in [3.05, 3.63) is 64.7 Å². The third-order valence-corrected chi connectivity index (χ3v) is 5.70. The van der Waals surface area contributed by atoms with E-state index >= 15 is 0 Å². The predicted octanol–water partition coefficient (Wildman–Crippen LogP) is 3.62. The highest BCUT2D eigenvalue weighted by Gasteiger charge is 2.36. The number of fused-ring (bicyclic) bond motifs is 1. The number of ether oxygens (including phenoxy) is 1. The Morgan fingerprint density at radius 3 is 2.43 bits per heavy atom. The lowest BCUT2D eigenvalue weighted by Gasteiger charge is -2.23. The van der Waals surface area contributed by atoms with Crippen LogP contribution in [-0.4, -0.2) is 35.3 Å². The number of rotatable bonds is 6. The first kappa shape index (κ1) is 20.1. The van der Waals surface area contributed by atoms with Gasteiger partial charge in [0, 0.05) is 6.54 Å². The molecule has 1 heterocycles.